The topological polar surface area (TPSA) is 29.9 Å². The number of hydrogen-bond donors (Lipinski definition) is 1. The molecule has 1 N–H and O–H groups in total. The molecule has 1 aromatic heterocycles. The minimum atomic E-state index is 0.712. The van der Waals surface area contributed by atoms with Gasteiger partial charge >= 0.3 is 0 Å². The molecule has 0 bridgehead atoms. The second-order valence-corrected chi connectivity index (χ2v) is 4.94. The number of anilines is 1. The molecule has 0 aliphatic carbocycles. The normalized spacial score (nSPS) is 10.5. The first kappa shape index (κ1) is 12.5. The van der Waals surface area contributed by atoms with Gasteiger partial charge in [-0.3, -0.25) is 4.68 Å². The molecule has 0 saturated carbocycles. The summed E-state index contributed by atoms with van der Waals surface area (Å²) in [4.78, 5) is 0. The van der Waals surface area contributed by atoms with Crippen LogP contribution in [0.3, 0.4) is 0 Å². The first-order chi connectivity index (χ1) is 8.20. The third-order valence-corrected chi connectivity index (χ3v) is 3.32. The Labute approximate surface area is 114 Å². The zero-order chi connectivity index (χ0) is 12.3. The maximum absolute atomic E-state index is 6.10. The van der Waals surface area contributed by atoms with E-state index in [4.69, 9.17) is 11.6 Å². The van der Waals surface area contributed by atoms with Gasteiger partial charge in [0.15, 0.2) is 0 Å². The zero-order valence-electron chi connectivity index (χ0n) is 9.45. The molecule has 0 aliphatic heterocycles. The van der Waals surface area contributed by atoms with Gasteiger partial charge in [0.1, 0.15) is 0 Å². The van der Waals surface area contributed by atoms with Crippen molar-refractivity contribution in [1.82, 2.24) is 9.78 Å². The van der Waals surface area contributed by atoms with Crippen molar-refractivity contribution in [3.05, 3.63) is 45.7 Å². The zero-order valence-corrected chi connectivity index (χ0v) is 11.8. The van der Waals surface area contributed by atoms with E-state index in [1.807, 2.05) is 35.1 Å². The van der Waals surface area contributed by atoms with Gasteiger partial charge in [-0.2, -0.15) is 5.10 Å². The summed E-state index contributed by atoms with van der Waals surface area (Å²) in [5.41, 5.74) is 2.06. The van der Waals surface area contributed by atoms with Crippen molar-refractivity contribution in [2.24, 2.45) is 0 Å². The second kappa shape index (κ2) is 5.56. The van der Waals surface area contributed by atoms with E-state index in [1.165, 1.54) is 0 Å². The lowest BCUT2D eigenvalue weighted by Crippen LogP contribution is -2.08. The highest BCUT2D eigenvalue weighted by molar-refractivity contribution is 9.10. The van der Waals surface area contributed by atoms with Crippen LogP contribution in [0, 0.1) is 0 Å². The van der Waals surface area contributed by atoms with Crippen molar-refractivity contribution in [3.8, 4) is 0 Å². The number of nitrogens with one attached hydrogen (secondary N) is 1. The molecule has 0 amide bonds. The number of aryl methyl sites for hydroxylation is 1. The monoisotopic (exact) mass is 313 g/mol. The van der Waals surface area contributed by atoms with Crippen LogP contribution < -0.4 is 5.32 Å². The van der Waals surface area contributed by atoms with Crippen molar-refractivity contribution in [3.63, 3.8) is 0 Å². The molecule has 0 radical (unpaired) electrons. The SMILES string of the molecule is CCn1nccc1CNc1cc(Br)ccc1Cl. The van der Waals surface area contributed by atoms with Crippen molar-refractivity contribution in [2.45, 2.75) is 20.0 Å². The number of halogens is 2. The average Bonchev–Trinajstić information content (AvgIpc) is 2.77. The predicted octanol–water partition coefficient (Wildman–Crippen LogP) is 3.93. The number of hydrogen-bond acceptors (Lipinski definition) is 2. The molecule has 2 aromatic rings. The van der Waals surface area contributed by atoms with Crippen LogP contribution in [-0.4, -0.2) is 9.78 Å². The van der Waals surface area contributed by atoms with Crippen LogP contribution in [0.5, 0.6) is 0 Å². The number of benzene rings is 1. The van der Waals surface area contributed by atoms with Gasteiger partial charge in [0.05, 0.1) is 22.9 Å². The van der Waals surface area contributed by atoms with Crippen LogP contribution in [0.15, 0.2) is 34.9 Å². The van der Waals surface area contributed by atoms with Gasteiger partial charge in [-0.15, -0.1) is 0 Å². The van der Waals surface area contributed by atoms with Gasteiger partial charge in [0.2, 0.25) is 0 Å². The minimum absolute atomic E-state index is 0.712. The molecule has 0 spiro atoms. The maximum atomic E-state index is 6.10. The van der Waals surface area contributed by atoms with Crippen LogP contribution in [0.1, 0.15) is 12.6 Å². The first-order valence-electron chi connectivity index (χ1n) is 5.40. The Bertz CT molecular complexity index is 510. The minimum Gasteiger partial charge on any atom is -0.378 e. The molecule has 0 aliphatic rings. The molecule has 3 nitrogen and oxygen atoms in total. The standard InChI is InChI=1S/C12H13BrClN3/c1-2-17-10(5-6-16-17)8-15-12-7-9(13)3-4-11(12)14/h3-7,15H,2,8H2,1H3. The largest absolute Gasteiger partial charge is 0.378 e. The molecule has 0 unspecified atom stereocenters. The Kier molecular flexibility index (Phi) is 4.07. The van der Waals surface area contributed by atoms with Gasteiger partial charge in [0.25, 0.3) is 0 Å². The van der Waals surface area contributed by atoms with Crippen molar-refractivity contribution in [2.75, 3.05) is 5.32 Å². The van der Waals surface area contributed by atoms with E-state index in [-0.39, 0.29) is 0 Å². The van der Waals surface area contributed by atoms with Gasteiger partial charge < -0.3 is 5.32 Å². The molecule has 1 heterocycles. The fourth-order valence-corrected chi connectivity index (χ4v) is 2.16. The second-order valence-electron chi connectivity index (χ2n) is 3.62. The molecular weight excluding hydrogens is 302 g/mol. The predicted molar refractivity (Wildman–Crippen MR) is 74.4 cm³/mol. The summed E-state index contributed by atoms with van der Waals surface area (Å²) in [6.07, 6.45) is 1.81. The lowest BCUT2D eigenvalue weighted by atomic mass is 10.3. The summed E-state index contributed by atoms with van der Waals surface area (Å²) in [6, 6.07) is 7.76. The summed E-state index contributed by atoms with van der Waals surface area (Å²) in [7, 11) is 0. The summed E-state index contributed by atoms with van der Waals surface area (Å²) >= 11 is 9.53. The Morgan fingerprint density at radius 2 is 2.24 bits per heavy atom. The molecule has 90 valence electrons. The van der Waals surface area contributed by atoms with Crippen molar-refractivity contribution < 1.29 is 0 Å². The van der Waals surface area contributed by atoms with Crippen molar-refractivity contribution >= 4 is 33.2 Å². The number of rotatable bonds is 4. The first-order valence-corrected chi connectivity index (χ1v) is 6.57. The Hall–Kier alpha value is -1.000. The van der Waals surface area contributed by atoms with Gasteiger partial charge in [0, 0.05) is 17.2 Å². The molecule has 0 fully saturated rings. The molecule has 0 saturated heterocycles. The maximum Gasteiger partial charge on any atom is 0.0638 e. The van der Waals surface area contributed by atoms with Crippen LogP contribution in [0.2, 0.25) is 5.02 Å². The Balaban J connectivity index is 2.09. The van der Waals surface area contributed by atoms with Crippen LogP contribution in [0.25, 0.3) is 0 Å². The summed E-state index contributed by atoms with van der Waals surface area (Å²) in [6.45, 7) is 3.66. The number of aromatic nitrogens is 2. The Morgan fingerprint density at radius 3 is 3.00 bits per heavy atom. The lowest BCUT2D eigenvalue weighted by Gasteiger charge is -2.10. The van der Waals surface area contributed by atoms with E-state index in [1.54, 1.807) is 0 Å². The third-order valence-electron chi connectivity index (χ3n) is 2.49. The molecule has 17 heavy (non-hydrogen) atoms. The fourth-order valence-electron chi connectivity index (χ4n) is 1.61. The summed E-state index contributed by atoms with van der Waals surface area (Å²) in [5, 5.41) is 8.25. The summed E-state index contributed by atoms with van der Waals surface area (Å²) < 4.78 is 2.97. The smallest absolute Gasteiger partial charge is 0.0638 e. The summed E-state index contributed by atoms with van der Waals surface area (Å²) in [5.74, 6) is 0. The number of nitrogens with zero attached hydrogens (tertiary/aromatic N) is 2. The van der Waals surface area contributed by atoms with Crippen LogP contribution >= 0.6 is 27.5 Å². The molecular formula is C12H13BrClN3. The van der Waals surface area contributed by atoms with E-state index in [2.05, 4.69) is 33.3 Å². The average molecular weight is 315 g/mol. The van der Waals surface area contributed by atoms with E-state index in [0.29, 0.717) is 6.54 Å². The van der Waals surface area contributed by atoms with Gasteiger partial charge in [-0.25, -0.2) is 0 Å². The van der Waals surface area contributed by atoms with Crippen LogP contribution in [0.4, 0.5) is 5.69 Å². The van der Waals surface area contributed by atoms with E-state index < -0.39 is 0 Å². The van der Waals surface area contributed by atoms with Crippen molar-refractivity contribution in [1.29, 1.82) is 0 Å². The van der Waals surface area contributed by atoms with Crippen LogP contribution in [-0.2, 0) is 13.1 Å². The van der Waals surface area contributed by atoms with E-state index >= 15 is 0 Å². The molecule has 1 aromatic carbocycles. The highest BCUT2D eigenvalue weighted by Gasteiger charge is 2.03. The highest BCUT2D eigenvalue weighted by atomic mass is 79.9. The third kappa shape index (κ3) is 3.01. The molecule has 0 atom stereocenters. The fraction of sp³-hybridized carbons (Fsp3) is 0.250. The lowest BCUT2D eigenvalue weighted by molar-refractivity contribution is 0.627. The van der Waals surface area contributed by atoms with Gasteiger partial charge in [-0.05, 0) is 31.2 Å². The van der Waals surface area contributed by atoms with Gasteiger partial charge in [-0.1, -0.05) is 27.5 Å². The Morgan fingerprint density at radius 1 is 1.41 bits per heavy atom. The molecule has 5 heteroatoms. The van der Waals surface area contributed by atoms with E-state index in [0.717, 1.165) is 27.4 Å². The van der Waals surface area contributed by atoms with E-state index in [9.17, 15) is 0 Å². The highest BCUT2D eigenvalue weighted by Crippen LogP contribution is 2.26. The molecule has 2 rings (SSSR count). The quantitative estimate of drug-likeness (QED) is 0.926.